The van der Waals surface area contributed by atoms with E-state index < -0.39 is 11.7 Å². The highest BCUT2D eigenvalue weighted by Gasteiger charge is 2.41. The first-order chi connectivity index (χ1) is 17.5. The highest BCUT2D eigenvalue weighted by Crippen LogP contribution is 2.35. The molecule has 1 aliphatic heterocycles. The van der Waals surface area contributed by atoms with E-state index in [9.17, 15) is 18.0 Å². The lowest BCUT2D eigenvalue weighted by atomic mass is 9.87. The van der Waals surface area contributed by atoms with Gasteiger partial charge in [0, 0.05) is 29.7 Å². The molecule has 0 spiro atoms. The van der Waals surface area contributed by atoms with E-state index in [1.807, 2.05) is 24.8 Å². The van der Waals surface area contributed by atoms with Crippen LogP contribution in [0, 0.1) is 11.3 Å². The monoisotopic (exact) mass is 537 g/mol. The van der Waals surface area contributed by atoms with Gasteiger partial charge in [-0.15, -0.1) is 0 Å². The fraction of sp³-hybridized carbons (Fsp3) is 0.538. The van der Waals surface area contributed by atoms with E-state index in [0.717, 1.165) is 12.1 Å². The van der Waals surface area contributed by atoms with Gasteiger partial charge in [-0.25, -0.2) is 14.8 Å². The molecule has 0 saturated carbocycles. The molecular weight excluding hydrogens is 507 g/mol. The molecule has 37 heavy (non-hydrogen) atoms. The average molecular weight is 538 g/mol. The fourth-order valence-corrected chi connectivity index (χ4v) is 5.04. The van der Waals surface area contributed by atoms with E-state index in [0.29, 0.717) is 37.2 Å². The van der Waals surface area contributed by atoms with Gasteiger partial charge in [0.1, 0.15) is 6.07 Å². The summed E-state index contributed by atoms with van der Waals surface area (Å²) in [5.41, 5.74) is -0.203. The Morgan fingerprint density at radius 2 is 1.78 bits per heavy atom. The Bertz CT molecular complexity index is 1110. The number of anilines is 1. The van der Waals surface area contributed by atoms with Gasteiger partial charge in [-0.3, -0.25) is 0 Å². The number of carbonyl (C=O) groups is 1. The summed E-state index contributed by atoms with van der Waals surface area (Å²) < 4.78 is 45.9. The Balaban J connectivity index is 2.00. The predicted molar refractivity (Wildman–Crippen MR) is 134 cm³/mol. The quantitative estimate of drug-likeness (QED) is 0.396. The number of aromatic nitrogens is 2. The number of alkyl halides is 3. The van der Waals surface area contributed by atoms with Gasteiger partial charge >= 0.3 is 12.3 Å². The molecule has 11 heteroatoms. The number of nitriles is 1. The van der Waals surface area contributed by atoms with Gasteiger partial charge in [-0.05, 0) is 63.3 Å². The van der Waals surface area contributed by atoms with Crippen LogP contribution >= 0.6 is 11.6 Å². The zero-order valence-electron chi connectivity index (χ0n) is 21.3. The van der Waals surface area contributed by atoms with Crippen molar-refractivity contribution in [1.29, 1.82) is 5.26 Å². The first-order valence-electron chi connectivity index (χ1n) is 12.3. The summed E-state index contributed by atoms with van der Waals surface area (Å²) in [6.45, 7) is 7.66. The zero-order chi connectivity index (χ0) is 27.3. The molecule has 200 valence electrons. The number of rotatable bonds is 7. The van der Waals surface area contributed by atoms with Crippen LogP contribution in [0.5, 0.6) is 0 Å². The van der Waals surface area contributed by atoms with Crippen LogP contribution in [0.2, 0.25) is 5.02 Å². The molecule has 0 N–H and O–H groups in total. The van der Waals surface area contributed by atoms with Crippen LogP contribution in [-0.4, -0.2) is 45.2 Å². The molecule has 1 fully saturated rings. The Hall–Kier alpha value is -3.06. The van der Waals surface area contributed by atoms with Crippen LogP contribution in [0.15, 0.2) is 30.6 Å². The van der Waals surface area contributed by atoms with Crippen LogP contribution in [-0.2, 0) is 17.5 Å². The van der Waals surface area contributed by atoms with Crippen LogP contribution in [0.1, 0.15) is 70.1 Å². The van der Waals surface area contributed by atoms with Crippen molar-refractivity contribution in [2.45, 2.75) is 90.3 Å². The molecule has 7 nitrogen and oxygen atoms in total. The molecule has 0 unspecified atom stereocenters. The van der Waals surface area contributed by atoms with E-state index >= 15 is 0 Å². The molecule has 2 aromatic rings. The highest BCUT2D eigenvalue weighted by molar-refractivity contribution is 6.30. The Labute approximate surface area is 220 Å². The van der Waals surface area contributed by atoms with Gasteiger partial charge in [0.15, 0.2) is 0 Å². The number of hydrogen-bond donors (Lipinski definition) is 0. The lowest BCUT2D eigenvalue weighted by molar-refractivity contribution is -0.137. The molecule has 0 bridgehead atoms. The first kappa shape index (κ1) is 28.5. The molecule has 1 aromatic carbocycles. The summed E-state index contributed by atoms with van der Waals surface area (Å²) in [7, 11) is 0. The van der Waals surface area contributed by atoms with Crippen LogP contribution in [0.4, 0.5) is 23.9 Å². The Morgan fingerprint density at radius 1 is 1.19 bits per heavy atom. The van der Waals surface area contributed by atoms with Crippen molar-refractivity contribution in [3.8, 4) is 6.07 Å². The molecule has 1 saturated heterocycles. The number of likely N-dealkylation sites (tertiary alicyclic amines) is 1. The number of piperidine rings is 1. The smallest absolute Gasteiger partial charge is 0.416 e. The summed E-state index contributed by atoms with van der Waals surface area (Å²) in [4.78, 5) is 25.3. The summed E-state index contributed by atoms with van der Waals surface area (Å²) in [5.74, 6) is 0.292. The van der Waals surface area contributed by atoms with Crippen molar-refractivity contribution in [1.82, 2.24) is 14.9 Å². The van der Waals surface area contributed by atoms with Gasteiger partial charge < -0.3 is 14.5 Å². The molecular formula is C26H31ClF3N5O2. The van der Waals surface area contributed by atoms with Crippen LogP contribution in [0.3, 0.4) is 0 Å². The van der Waals surface area contributed by atoms with Gasteiger partial charge in [-0.2, -0.15) is 18.4 Å². The van der Waals surface area contributed by atoms with Crippen LogP contribution in [0.25, 0.3) is 0 Å². The molecule has 1 aromatic heterocycles. The number of amides is 1. The van der Waals surface area contributed by atoms with Crippen molar-refractivity contribution in [2.24, 2.45) is 0 Å². The maximum Gasteiger partial charge on any atom is 0.416 e. The fourth-order valence-electron chi connectivity index (χ4n) is 4.78. The van der Waals surface area contributed by atoms with Gasteiger partial charge in [0.25, 0.3) is 0 Å². The Kier molecular flexibility index (Phi) is 9.24. The molecule has 1 amide bonds. The van der Waals surface area contributed by atoms with E-state index in [1.54, 1.807) is 18.7 Å². The molecule has 1 aliphatic rings. The van der Waals surface area contributed by atoms with Crippen molar-refractivity contribution in [3.63, 3.8) is 0 Å². The maximum atomic E-state index is 13.5. The average Bonchev–Trinajstić information content (AvgIpc) is 2.85. The number of ether oxygens (including phenoxy) is 1. The lowest BCUT2D eigenvalue weighted by Crippen LogP contribution is -2.57. The largest absolute Gasteiger partial charge is 0.447 e. The number of halogens is 4. The third-order valence-electron chi connectivity index (χ3n) is 6.47. The third-order valence-corrected chi connectivity index (χ3v) is 6.69. The maximum absolute atomic E-state index is 13.5. The molecule has 3 rings (SSSR count). The summed E-state index contributed by atoms with van der Waals surface area (Å²) in [6, 6.07) is 4.99. The summed E-state index contributed by atoms with van der Waals surface area (Å²) in [5, 5.41) is 9.13. The minimum atomic E-state index is -4.54. The first-order valence-corrected chi connectivity index (χ1v) is 12.7. The van der Waals surface area contributed by atoms with Gasteiger partial charge in [-0.1, -0.05) is 25.4 Å². The number of hydrogen-bond acceptors (Lipinski definition) is 6. The highest BCUT2D eigenvalue weighted by atomic mass is 35.5. The van der Waals surface area contributed by atoms with Gasteiger partial charge in [0.05, 0.1) is 29.6 Å². The van der Waals surface area contributed by atoms with Crippen molar-refractivity contribution < 1.29 is 22.7 Å². The molecule has 0 aliphatic carbocycles. The Morgan fingerprint density at radius 3 is 2.27 bits per heavy atom. The van der Waals surface area contributed by atoms with Crippen molar-refractivity contribution in [2.75, 3.05) is 4.90 Å². The molecule has 2 heterocycles. The lowest BCUT2D eigenvalue weighted by Gasteiger charge is -2.47. The minimum Gasteiger partial charge on any atom is -0.447 e. The van der Waals surface area contributed by atoms with Crippen LogP contribution < -0.4 is 4.90 Å². The SMILES string of the molecule is CC[C@@H]1C[C@H](N(Cc2cc(Cl)cc(C(F)(F)F)c2)c2ncc(C#N)cn2)C[C@H](CC)N1C(=O)OC(C)C. The van der Waals surface area contributed by atoms with E-state index in [4.69, 9.17) is 21.6 Å². The van der Waals surface area contributed by atoms with Gasteiger partial charge in [0.2, 0.25) is 5.95 Å². The van der Waals surface area contributed by atoms with E-state index in [1.165, 1.54) is 18.5 Å². The molecule has 0 radical (unpaired) electrons. The number of carbonyl (C=O) groups excluding carboxylic acids is 1. The normalized spacial score (nSPS) is 20.0. The second-order valence-electron chi connectivity index (χ2n) is 9.45. The summed E-state index contributed by atoms with van der Waals surface area (Å²) >= 11 is 6.05. The third kappa shape index (κ3) is 7.04. The second kappa shape index (κ2) is 12.0. The topological polar surface area (TPSA) is 82.4 Å². The minimum absolute atomic E-state index is 0.0189. The zero-order valence-corrected chi connectivity index (χ0v) is 22.1. The van der Waals surface area contributed by atoms with E-state index in [2.05, 4.69) is 9.97 Å². The van der Waals surface area contributed by atoms with Crippen molar-refractivity contribution in [3.05, 3.63) is 52.3 Å². The van der Waals surface area contributed by atoms with Crippen molar-refractivity contribution >= 4 is 23.6 Å². The second-order valence-corrected chi connectivity index (χ2v) is 9.88. The molecule has 3 atom stereocenters. The summed E-state index contributed by atoms with van der Waals surface area (Å²) in [6.07, 6.45) is 0.0727. The van der Waals surface area contributed by atoms with E-state index in [-0.39, 0.29) is 47.5 Å². The number of benzene rings is 1. The predicted octanol–water partition coefficient (Wildman–Crippen LogP) is 6.59. The number of nitrogens with zero attached hydrogens (tertiary/aromatic N) is 5. The standard InChI is InChI=1S/C26H31ClF3N5O2/c1-5-21-10-23(11-22(6-2)35(21)25(36)37-16(3)4)34(24-32-13-18(12-31)14-33-24)15-17-7-19(26(28,29)30)9-20(27)8-17/h7-9,13-14,16,21-23H,5-6,10-11,15H2,1-4H3/t21-,22+,23+.